The third-order valence-corrected chi connectivity index (χ3v) is 2.45. The third kappa shape index (κ3) is 5.85. The minimum absolute atomic E-state index is 0.0411. The monoisotopic (exact) mass is 265 g/mol. The Morgan fingerprint density at radius 3 is 2.89 bits per heavy atom. The van der Waals surface area contributed by atoms with Crippen LogP contribution in [0.25, 0.3) is 0 Å². The van der Waals surface area contributed by atoms with Gasteiger partial charge in [-0.1, -0.05) is 6.07 Å². The molecule has 0 aromatic carbocycles. The highest BCUT2D eigenvalue weighted by molar-refractivity contribution is 5.76. The quantitative estimate of drug-likeness (QED) is 0.838. The largest absolute Gasteiger partial charge is 0.450 e. The lowest BCUT2D eigenvalue weighted by atomic mass is 10.2. The Morgan fingerprint density at radius 2 is 2.26 bits per heavy atom. The van der Waals surface area contributed by atoms with Gasteiger partial charge in [-0.15, -0.1) is 0 Å². The molecular weight excluding hydrogens is 246 g/mol. The first-order valence-electron chi connectivity index (χ1n) is 6.17. The number of alkyl carbamates (subject to hydrolysis) is 1. The molecule has 1 rings (SSSR count). The van der Waals surface area contributed by atoms with Crippen molar-refractivity contribution in [2.45, 2.75) is 19.9 Å². The molecule has 0 bridgehead atoms. The first-order valence-corrected chi connectivity index (χ1v) is 6.17. The van der Waals surface area contributed by atoms with Gasteiger partial charge in [0.05, 0.1) is 6.61 Å². The minimum atomic E-state index is -0.495. The fourth-order valence-corrected chi connectivity index (χ4v) is 1.50. The number of ether oxygens (including phenoxy) is 1. The lowest BCUT2D eigenvalue weighted by Gasteiger charge is -2.17. The highest BCUT2D eigenvalue weighted by Crippen LogP contribution is 2.02. The Bertz CT molecular complexity index is 409. The highest BCUT2D eigenvalue weighted by atomic mass is 16.5. The molecule has 0 spiro atoms. The number of carbonyl (C=O) groups is 2. The number of carbonyl (C=O) groups excluding carboxylic acids is 2. The molecule has 6 nitrogen and oxygen atoms in total. The van der Waals surface area contributed by atoms with E-state index in [0.29, 0.717) is 13.2 Å². The fourth-order valence-electron chi connectivity index (χ4n) is 1.50. The van der Waals surface area contributed by atoms with Gasteiger partial charge in [0.2, 0.25) is 5.91 Å². The van der Waals surface area contributed by atoms with Crippen molar-refractivity contribution in [1.82, 2.24) is 15.2 Å². The lowest BCUT2D eigenvalue weighted by Crippen LogP contribution is -2.32. The van der Waals surface area contributed by atoms with Crippen LogP contribution in [0.15, 0.2) is 24.5 Å². The van der Waals surface area contributed by atoms with Crippen molar-refractivity contribution in [3.63, 3.8) is 0 Å². The van der Waals surface area contributed by atoms with E-state index in [2.05, 4.69) is 10.3 Å². The summed E-state index contributed by atoms with van der Waals surface area (Å²) >= 11 is 0. The maximum atomic E-state index is 11.8. The number of amides is 2. The maximum Gasteiger partial charge on any atom is 0.407 e. The van der Waals surface area contributed by atoms with E-state index in [9.17, 15) is 9.59 Å². The van der Waals surface area contributed by atoms with Crippen LogP contribution in [0.1, 0.15) is 18.9 Å². The predicted molar refractivity (Wildman–Crippen MR) is 70.4 cm³/mol. The molecule has 0 aliphatic rings. The number of pyridine rings is 1. The minimum Gasteiger partial charge on any atom is -0.450 e. The molecular formula is C13H19N3O3. The summed E-state index contributed by atoms with van der Waals surface area (Å²) in [6, 6.07) is 3.74. The summed E-state index contributed by atoms with van der Waals surface area (Å²) in [6.45, 7) is 2.83. The molecule has 0 aliphatic carbocycles. The van der Waals surface area contributed by atoms with E-state index in [4.69, 9.17) is 4.74 Å². The van der Waals surface area contributed by atoms with E-state index in [0.717, 1.165) is 5.56 Å². The van der Waals surface area contributed by atoms with E-state index >= 15 is 0 Å². The van der Waals surface area contributed by atoms with Crippen molar-refractivity contribution in [3.8, 4) is 0 Å². The molecule has 0 aliphatic heterocycles. The number of rotatable bonds is 6. The van der Waals surface area contributed by atoms with Gasteiger partial charge in [-0.3, -0.25) is 9.78 Å². The van der Waals surface area contributed by atoms with Crippen molar-refractivity contribution in [1.29, 1.82) is 0 Å². The van der Waals surface area contributed by atoms with Crippen molar-refractivity contribution >= 4 is 12.0 Å². The molecule has 2 amide bonds. The second-order valence-electron chi connectivity index (χ2n) is 4.01. The molecule has 0 unspecified atom stereocenters. The normalized spacial score (nSPS) is 9.79. The van der Waals surface area contributed by atoms with Crippen LogP contribution in [0.5, 0.6) is 0 Å². The molecule has 6 heteroatoms. The molecule has 0 radical (unpaired) electrons. The first-order chi connectivity index (χ1) is 9.13. The SMILES string of the molecule is CCOC(=O)NCCC(=O)N(C)Cc1cccnc1. The Balaban J connectivity index is 2.27. The van der Waals surface area contributed by atoms with Gasteiger partial charge in [0.25, 0.3) is 0 Å². The van der Waals surface area contributed by atoms with Crippen molar-refractivity contribution in [2.75, 3.05) is 20.2 Å². The predicted octanol–water partition coefficient (Wildman–Crippen LogP) is 1.18. The van der Waals surface area contributed by atoms with Crippen LogP contribution in [-0.2, 0) is 16.1 Å². The van der Waals surface area contributed by atoms with Crippen LogP contribution in [-0.4, -0.2) is 42.1 Å². The second kappa shape index (κ2) is 8.07. The zero-order valence-electron chi connectivity index (χ0n) is 11.3. The van der Waals surface area contributed by atoms with Gasteiger partial charge in [-0.05, 0) is 18.6 Å². The van der Waals surface area contributed by atoms with Gasteiger partial charge < -0.3 is 15.0 Å². The molecule has 0 atom stereocenters. The van der Waals surface area contributed by atoms with Crippen LogP contribution in [0.2, 0.25) is 0 Å². The molecule has 0 saturated heterocycles. The van der Waals surface area contributed by atoms with E-state index in [-0.39, 0.29) is 18.9 Å². The summed E-state index contributed by atoms with van der Waals surface area (Å²) in [5, 5.41) is 2.51. The zero-order chi connectivity index (χ0) is 14.1. The third-order valence-electron chi connectivity index (χ3n) is 2.45. The van der Waals surface area contributed by atoms with Gasteiger partial charge in [0.15, 0.2) is 0 Å². The Morgan fingerprint density at radius 1 is 1.47 bits per heavy atom. The van der Waals surface area contributed by atoms with Crippen LogP contribution in [0.3, 0.4) is 0 Å². The first kappa shape index (κ1) is 14.9. The standard InChI is InChI=1S/C13H19N3O3/c1-3-19-13(18)15-8-6-12(17)16(2)10-11-5-4-7-14-9-11/h4-5,7,9H,3,6,8,10H2,1-2H3,(H,15,18). The van der Waals surface area contributed by atoms with Gasteiger partial charge >= 0.3 is 6.09 Å². The number of hydrogen-bond acceptors (Lipinski definition) is 4. The Hall–Kier alpha value is -2.11. The number of nitrogens with zero attached hydrogens (tertiary/aromatic N) is 2. The number of hydrogen-bond donors (Lipinski definition) is 1. The van der Waals surface area contributed by atoms with Crippen molar-refractivity contribution in [2.24, 2.45) is 0 Å². The number of nitrogens with one attached hydrogen (secondary N) is 1. The van der Waals surface area contributed by atoms with Crippen LogP contribution in [0, 0.1) is 0 Å². The zero-order valence-corrected chi connectivity index (χ0v) is 11.3. The van der Waals surface area contributed by atoms with Crippen LogP contribution in [0.4, 0.5) is 4.79 Å². The van der Waals surface area contributed by atoms with Crippen LogP contribution < -0.4 is 5.32 Å². The summed E-state index contributed by atoms with van der Waals surface area (Å²) < 4.78 is 4.70. The smallest absolute Gasteiger partial charge is 0.407 e. The van der Waals surface area contributed by atoms with Crippen molar-refractivity contribution in [3.05, 3.63) is 30.1 Å². The molecule has 1 heterocycles. The topological polar surface area (TPSA) is 71.5 Å². The lowest BCUT2D eigenvalue weighted by molar-refractivity contribution is -0.130. The molecule has 19 heavy (non-hydrogen) atoms. The average Bonchev–Trinajstić information content (AvgIpc) is 2.40. The molecule has 1 N–H and O–H groups in total. The van der Waals surface area contributed by atoms with Crippen molar-refractivity contribution < 1.29 is 14.3 Å². The van der Waals surface area contributed by atoms with Gasteiger partial charge in [0, 0.05) is 39.0 Å². The summed E-state index contributed by atoms with van der Waals surface area (Å²) in [5.74, 6) is -0.0411. The molecule has 1 aromatic rings. The Labute approximate surface area is 112 Å². The van der Waals surface area contributed by atoms with Gasteiger partial charge in [-0.2, -0.15) is 0 Å². The van der Waals surface area contributed by atoms with Gasteiger partial charge in [-0.25, -0.2) is 4.79 Å². The second-order valence-corrected chi connectivity index (χ2v) is 4.01. The molecule has 104 valence electrons. The van der Waals surface area contributed by atoms with E-state index in [1.807, 2.05) is 12.1 Å². The summed E-state index contributed by atoms with van der Waals surface area (Å²) in [5.41, 5.74) is 0.969. The maximum absolute atomic E-state index is 11.8. The van der Waals surface area contributed by atoms with Crippen LogP contribution >= 0.6 is 0 Å². The average molecular weight is 265 g/mol. The summed E-state index contributed by atoms with van der Waals surface area (Å²) in [6.07, 6.45) is 3.16. The number of aromatic nitrogens is 1. The van der Waals surface area contributed by atoms with Gasteiger partial charge in [0.1, 0.15) is 0 Å². The highest BCUT2D eigenvalue weighted by Gasteiger charge is 2.10. The molecule has 0 saturated carbocycles. The van der Waals surface area contributed by atoms with E-state index < -0.39 is 6.09 Å². The van der Waals surface area contributed by atoms with E-state index in [1.54, 1.807) is 31.3 Å². The fraction of sp³-hybridized carbons (Fsp3) is 0.462. The summed E-state index contributed by atoms with van der Waals surface area (Å²) in [7, 11) is 1.72. The molecule has 1 aromatic heterocycles. The molecule has 0 fully saturated rings. The summed E-state index contributed by atoms with van der Waals surface area (Å²) in [4.78, 5) is 28.4. The van der Waals surface area contributed by atoms with E-state index in [1.165, 1.54) is 0 Å². The Kier molecular flexibility index (Phi) is 6.35.